The van der Waals surface area contributed by atoms with Crippen LogP contribution in [0, 0.1) is 0 Å². The Morgan fingerprint density at radius 2 is 0.933 bits per heavy atom. The van der Waals surface area contributed by atoms with Gasteiger partial charge in [0.2, 0.25) is 0 Å². The minimum Gasteiger partial charge on any atom is -0.479 e. The van der Waals surface area contributed by atoms with Crippen LogP contribution in [-0.2, 0) is 31.3 Å². The van der Waals surface area contributed by atoms with Crippen molar-refractivity contribution in [2.24, 2.45) is 0 Å². The molecule has 0 fully saturated rings. The average Bonchev–Trinajstić information content (AvgIpc) is 1.88. The molecule has 0 rings (SSSR count). The van der Waals surface area contributed by atoms with E-state index in [0.717, 1.165) is 0 Å². The molecule has 0 radical (unpaired) electrons. The van der Waals surface area contributed by atoms with Crippen LogP contribution in [0.2, 0.25) is 0 Å². The summed E-state index contributed by atoms with van der Waals surface area (Å²) in [5.74, 6) is -2.37. The second-order valence-corrected chi connectivity index (χ2v) is 2.03. The summed E-state index contributed by atoms with van der Waals surface area (Å²) < 4.78 is 0. The maximum atomic E-state index is 9.45. The van der Waals surface area contributed by atoms with Crippen LogP contribution in [-0.4, -0.2) is 44.6 Å². The zero-order valence-electron chi connectivity index (χ0n) is 8.67. The first-order valence-electron chi connectivity index (χ1n) is 3.10. The summed E-state index contributed by atoms with van der Waals surface area (Å²) in [5.41, 5.74) is 0. The van der Waals surface area contributed by atoms with Crippen molar-refractivity contribution in [1.29, 1.82) is 0 Å². The maximum Gasteiger partial charge on any atom is 0.332 e. The fraction of sp³-hybridized carbons (Fsp3) is 0.667. The first kappa shape index (κ1) is 29.3. The Balaban J connectivity index is -0.0000000370. The van der Waals surface area contributed by atoms with Crippen molar-refractivity contribution in [2.45, 2.75) is 26.1 Å². The molecule has 0 aromatic heterocycles. The normalized spacial score (nSPS) is 10.9. The Labute approximate surface area is 102 Å². The number of rotatable bonds is 2. The fourth-order valence-corrected chi connectivity index (χ4v) is 0. The van der Waals surface area contributed by atoms with Crippen LogP contribution in [0.1, 0.15) is 13.8 Å². The van der Waals surface area contributed by atoms with Gasteiger partial charge in [0.25, 0.3) is 0 Å². The number of carboxylic acids is 2. The van der Waals surface area contributed by atoms with Gasteiger partial charge in [0.15, 0.2) is 0 Å². The van der Waals surface area contributed by atoms with E-state index in [0.29, 0.717) is 0 Å². The summed E-state index contributed by atoms with van der Waals surface area (Å²) in [5, 5.41) is 31.5. The molecule has 0 aliphatic carbocycles. The van der Waals surface area contributed by atoms with Crippen molar-refractivity contribution >= 4 is 11.9 Å². The fourth-order valence-electron chi connectivity index (χ4n) is 0. The molecule has 0 heterocycles. The van der Waals surface area contributed by atoms with Gasteiger partial charge in [-0.3, -0.25) is 0 Å². The monoisotopic (exact) mass is 262 g/mol. The van der Waals surface area contributed by atoms with Gasteiger partial charge in [0.1, 0.15) is 12.2 Å². The van der Waals surface area contributed by atoms with E-state index < -0.39 is 24.1 Å². The third kappa shape index (κ3) is 31.7. The number of hydrogen-bond acceptors (Lipinski definition) is 6. The summed E-state index contributed by atoms with van der Waals surface area (Å²) in [6.45, 7) is 2.39. The zero-order chi connectivity index (χ0) is 10.3. The Hall–Kier alpha value is -0.506. The molecule has 0 aliphatic heterocycles. The van der Waals surface area contributed by atoms with E-state index in [-0.39, 0.29) is 34.0 Å². The molecule has 0 amide bonds. The minimum absolute atomic E-state index is 0. The summed E-state index contributed by atoms with van der Waals surface area (Å²) in [7, 11) is 0. The average molecular weight is 262 g/mol. The van der Waals surface area contributed by atoms with Crippen molar-refractivity contribution in [1.82, 2.24) is 12.3 Å². The Bertz CT molecular complexity index is 146. The molecule has 10 N–H and O–H groups in total. The van der Waals surface area contributed by atoms with Crippen LogP contribution < -0.4 is 12.3 Å². The minimum atomic E-state index is -1.23. The van der Waals surface area contributed by atoms with Crippen LogP contribution in [0.3, 0.4) is 0 Å². The van der Waals surface area contributed by atoms with Gasteiger partial charge < -0.3 is 32.7 Å². The molecule has 92 valence electrons. The van der Waals surface area contributed by atoms with Gasteiger partial charge in [-0.25, -0.2) is 9.59 Å². The van der Waals surface area contributed by atoms with Crippen molar-refractivity contribution in [3.63, 3.8) is 0 Å². The van der Waals surface area contributed by atoms with Crippen molar-refractivity contribution in [3.8, 4) is 0 Å². The smallest absolute Gasteiger partial charge is 0.332 e. The summed E-state index contributed by atoms with van der Waals surface area (Å²) in [6, 6.07) is 0. The molecule has 0 saturated heterocycles. The SMILES string of the molecule is CC(O)C(=O)O.CC(O)C(=O)O.N.N.[Ti]. The molecule has 0 aromatic carbocycles. The van der Waals surface area contributed by atoms with Gasteiger partial charge in [0.05, 0.1) is 0 Å². The topological polar surface area (TPSA) is 185 Å². The molecule has 0 saturated carbocycles. The van der Waals surface area contributed by atoms with Gasteiger partial charge >= 0.3 is 11.9 Å². The van der Waals surface area contributed by atoms with Gasteiger partial charge in [-0.1, -0.05) is 0 Å². The number of hydrogen-bond donors (Lipinski definition) is 6. The van der Waals surface area contributed by atoms with Gasteiger partial charge in [-0.2, -0.15) is 0 Å². The third-order valence-electron chi connectivity index (χ3n) is 0.715. The number of aliphatic hydroxyl groups is 2. The molecular formula is C6H18N2O6Ti. The number of aliphatic carboxylic acids is 2. The molecule has 15 heavy (non-hydrogen) atoms. The van der Waals surface area contributed by atoms with E-state index in [1.165, 1.54) is 13.8 Å². The first-order valence-corrected chi connectivity index (χ1v) is 3.10. The molecule has 0 spiro atoms. The molecule has 9 heteroatoms. The summed E-state index contributed by atoms with van der Waals surface area (Å²) in [6.07, 6.45) is -2.46. The molecule has 0 bridgehead atoms. The number of carbonyl (C=O) groups is 2. The number of aliphatic hydroxyl groups excluding tert-OH is 2. The molecule has 0 aliphatic rings. The van der Waals surface area contributed by atoms with E-state index >= 15 is 0 Å². The van der Waals surface area contributed by atoms with Crippen LogP contribution in [0.25, 0.3) is 0 Å². The van der Waals surface area contributed by atoms with Crippen molar-refractivity contribution < 1.29 is 51.7 Å². The summed E-state index contributed by atoms with van der Waals surface area (Å²) in [4.78, 5) is 18.9. The molecular weight excluding hydrogens is 244 g/mol. The first-order chi connectivity index (χ1) is 5.29. The van der Waals surface area contributed by atoms with E-state index in [1.54, 1.807) is 0 Å². The van der Waals surface area contributed by atoms with Crippen LogP contribution in [0.4, 0.5) is 0 Å². The van der Waals surface area contributed by atoms with Crippen molar-refractivity contribution in [3.05, 3.63) is 0 Å². The van der Waals surface area contributed by atoms with E-state index in [4.69, 9.17) is 20.4 Å². The van der Waals surface area contributed by atoms with Gasteiger partial charge in [0, 0.05) is 21.7 Å². The van der Waals surface area contributed by atoms with Crippen molar-refractivity contribution in [2.75, 3.05) is 0 Å². The van der Waals surface area contributed by atoms with Crippen LogP contribution in [0.15, 0.2) is 0 Å². The second-order valence-electron chi connectivity index (χ2n) is 2.03. The van der Waals surface area contributed by atoms with E-state index in [9.17, 15) is 9.59 Å². The van der Waals surface area contributed by atoms with Crippen LogP contribution in [0.5, 0.6) is 0 Å². The number of carboxylic acid groups (broad SMARTS) is 2. The Morgan fingerprint density at radius 3 is 0.933 bits per heavy atom. The Kier molecular flexibility index (Phi) is 31.1. The predicted molar refractivity (Wildman–Crippen MR) is 48.7 cm³/mol. The summed E-state index contributed by atoms with van der Waals surface area (Å²) >= 11 is 0. The third-order valence-corrected chi connectivity index (χ3v) is 0.715. The molecule has 8 nitrogen and oxygen atoms in total. The maximum absolute atomic E-state index is 9.45. The van der Waals surface area contributed by atoms with Crippen LogP contribution >= 0.6 is 0 Å². The van der Waals surface area contributed by atoms with Gasteiger partial charge in [-0.05, 0) is 13.8 Å². The second kappa shape index (κ2) is 15.9. The largest absolute Gasteiger partial charge is 0.479 e. The van der Waals surface area contributed by atoms with E-state index in [1.807, 2.05) is 0 Å². The predicted octanol–water partition coefficient (Wildman–Crippen LogP) is -0.775. The molecule has 2 atom stereocenters. The Morgan fingerprint density at radius 1 is 0.867 bits per heavy atom. The standard InChI is InChI=1S/2C3H6O3.2H3N.Ti/c2*1-2(4)3(5)6;;;/h2*2,4H,1H3,(H,5,6);2*1H3;. The zero-order valence-corrected chi connectivity index (χ0v) is 10.2. The quantitative estimate of drug-likeness (QED) is 0.350. The molecule has 2 unspecified atom stereocenters. The molecule has 0 aromatic rings. The van der Waals surface area contributed by atoms with Gasteiger partial charge in [-0.15, -0.1) is 0 Å². The van der Waals surface area contributed by atoms with E-state index in [2.05, 4.69) is 0 Å².